The number of fused-ring (bicyclic) bond motifs is 1. The van der Waals surface area contributed by atoms with E-state index in [9.17, 15) is 4.79 Å². The van der Waals surface area contributed by atoms with Crippen LogP contribution in [0, 0.1) is 0 Å². The average molecular weight is 364 g/mol. The fourth-order valence-corrected chi connectivity index (χ4v) is 3.17. The zero-order valence-corrected chi connectivity index (χ0v) is 15.1. The Morgan fingerprint density at radius 3 is 2.73 bits per heavy atom. The third kappa shape index (κ3) is 2.95. The minimum Gasteiger partial charge on any atom is -0.296 e. The maximum atomic E-state index is 12.9. The summed E-state index contributed by atoms with van der Waals surface area (Å²) in [5, 5.41) is 16.0. The Labute approximate surface area is 153 Å². The number of carbonyl (C=O) groups is 1. The van der Waals surface area contributed by atoms with E-state index < -0.39 is 0 Å². The third-order valence-electron chi connectivity index (χ3n) is 3.95. The number of nitrogens with zero attached hydrogens (tertiary/aromatic N) is 5. The van der Waals surface area contributed by atoms with E-state index in [1.54, 1.807) is 17.8 Å². The molecule has 0 unspecified atom stereocenters. The van der Waals surface area contributed by atoms with E-state index in [1.165, 1.54) is 11.3 Å². The minimum absolute atomic E-state index is 0.130. The summed E-state index contributed by atoms with van der Waals surface area (Å²) < 4.78 is 1.82. The lowest BCUT2D eigenvalue weighted by Crippen LogP contribution is -2.13. The van der Waals surface area contributed by atoms with Crippen LogP contribution in [0.4, 0.5) is 5.13 Å². The molecule has 3 aromatic heterocycles. The van der Waals surface area contributed by atoms with E-state index in [1.807, 2.05) is 48.9 Å². The summed E-state index contributed by atoms with van der Waals surface area (Å²) in [6, 6.07) is 11.7. The lowest BCUT2D eigenvalue weighted by Gasteiger charge is -2.10. The molecule has 7 nitrogen and oxygen atoms in total. The van der Waals surface area contributed by atoms with Crippen LogP contribution in [0.2, 0.25) is 0 Å². The van der Waals surface area contributed by atoms with Crippen LogP contribution in [0.25, 0.3) is 22.3 Å². The second-order valence-electron chi connectivity index (χ2n) is 6.04. The number of aromatic nitrogens is 5. The van der Waals surface area contributed by atoms with Gasteiger partial charge in [-0.3, -0.25) is 10.1 Å². The zero-order chi connectivity index (χ0) is 18.1. The van der Waals surface area contributed by atoms with Crippen LogP contribution < -0.4 is 5.32 Å². The minimum atomic E-state index is -0.255. The first kappa shape index (κ1) is 16.3. The fraction of sp³-hybridized carbons (Fsp3) is 0.167. The third-order valence-corrected chi connectivity index (χ3v) is 4.56. The largest absolute Gasteiger partial charge is 0.296 e. The molecule has 4 aromatic rings. The van der Waals surface area contributed by atoms with E-state index in [-0.39, 0.29) is 11.9 Å². The highest BCUT2D eigenvalue weighted by Gasteiger charge is 2.19. The van der Waals surface area contributed by atoms with E-state index in [0.29, 0.717) is 21.7 Å². The van der Waals surface area contributed by atoms with Crippen molar-refractivity contribution < 1.29 is 4.79 Å². The van der Waals surface area contributed by atoms with Gasteiger partial charge in [0.2, 0.25) is 5.13 Å². The lowest BCUT2D eigenvalue weighted by molar-refractivity contribution is 0.102. The SMILES string of the molecule is CC(C)n1ncc2c(C(=O)Nc3nncs3)cc(-c3ccccc3)nc21. The molecule has 0 fully saturated rings. The van der Waals surface area contributed by atoms with Crippen LogP contribution in [0.1, 0.15) is 30.2 Å². The molecule has 0 saturated carbocycles. The molecule has 0 atom stereocenters. The second-order valence-corrected chi connectivity index (χ2v) is 6.87. The van der Waals surface area contributed by atoms with Crippen LogP contribution in [-0.2, 0) is 0 Å². The Morgan fingerprint density at radius 1 is 1.23 bits per heavy atom. The van der Waals surface area contributed by atoms with Gasteiger partial charge >= 0.3 is 0 Å². The van der Waals surface area contributed by atoms with Crippen molar-refractivity contribution in [1.29, 1.82) is 0 Å². The van der Waals surface area contributed by atoms with Gasteiger partial charge in [-0.1, -0.05) is 41.7 Å². The zero-order valence-electron chi connectivity index (χ0n) is 14.2. The number of hydrogen-bond acceptors (Lipinski definition) is 6. The standard InChI is InChI=1S/C18H16N6OS/c1-11(2)24-16-14(9-20-24)13(17(25)22-18-23-19-10-26-18)8-15(21-16)12-6-4-3-5-7-12/h3-11H,1-2H3,(H,22,23,25). The predicted octanol–water partition coefficient (Wildman–Crippen LogP) is 3.78. The molecule has 26 heavy (non-hydrogen) atoms. The average Bonchev–Trinajstić information content (AvgIpc) is 3.30. The monoisotopic (exact) mass is 364 g/mol. The molecular weight excluding hydrogens is 348 g/mol. The van der Waals surface area contributed by atoms with Gasteiger partial charge in [0.15, 0.2) is 5.65 Å². The lowest BCUT2D eigenvalue weighted by atomic mass is 10.1. The maximum Gasteiger partial charge on any atom is 0.258 e. The summed E-state index contributed by atoms with van der Waals surface area (Å²) in [6.07, 6.45) is 1.69. The highest BCUT2D eigenvalue weighted by atomic mass is 32.1. The van der Waals surface area contributed by atoms with Gasteiger partial charge in [0.05, 0.1) is 22.8 Å². The van der Waals surface area contributed by atoms with Gasteiger partial charge < -0.3 is 0 Å². The van der Waals surface area contributed by atoms with Gasteiger partial charge in [-0.15, -0.1) is 10.2 Å². The Bertz CT molecular complexity index is 1060. The first-order valence-corrected chi connectivity index (χ1v) is 9.02. The van der Waals surface area contributed by atoms with E-state index in [4.69, 9.17) is 4.98 Å². The van der Waals surface area contributed by atoms with Crippen molar-refractivity contribution in [2.45, 2.75) is 19.9 Å². The molecule has 0 aliphatic carbocycles. The van der Waals surface area contributed by atoms with E-state index in [0.717, 1.165) is 11.3 Å². The van der Waals surface area contributed by atoms with Crippen molar-refractivity contribution in [3.05, 3.63) is 53.7 Å². The van der Waals surface area contributed by atoms with Gasteiger partial charge in [-0.05, 0) is 19.9 Å². The summed E-state index contributed by atoms with van der Waals surface area (Å²) in [7, 11) is 0. The molecule has 1 aromatic carbocycles. The van der Waals surface area contributed by atoms with Crippen molar-refractivity contribution in [3.63, 3.8) is 0 Å². The summed E-state index contributed by atoms with van der Waals surface area (Å²) in [5.74, 6) is -0.255. The van der Waals surface area contributed by atoms with Crippen molar-refractivity contribution in [2.75, 3.05) is 5.32 Å². The molecular formula is C18H16N6OS. The molecule has 0 aliphatic heterocycles. The molecule has 0 spiro atoms. The first-order valence-electron chi connectivity index (χ1n) is 8.14. The van der Waals surface area contributed by atoms with Crippen molar-refractivity contribution in [2.24, 2.45) is 0 Å². The molecule has 4 rings (SSSR count). The number of nitrogens with one attached hydrogen (secondary N) is 1. The molecule has 130 valence electrons. The molecule has 8 heteroatoms. The molecule has 1 N–H and O–H groups in total. The summed E-state index contributed by atoms with van der Waals surface area (Å²) in [5.41, 5.74) is 4.43. The fourth-order valence-electron chi connectivity index (χ4n) is 2.73. The normalized spacial score (nSPS) is 11.2. The highest BCUT2D eigenvalue weighted by Crippen LogP contribution is 2.27. The van der Waals surface area contributed by atoms with Crippen LogP contribution in [0.5, 0.6) is 0 Å². The smallest absolute Gasteiger partial charge is 0.258 e. The van der Waals surface area contributed by atoms with Gasteiger partial charge in [0, 0.05) is 11.6 Å². The molecule has 0 saturated heterocycles. The molecule has 0 aliphatic rings. The molecule has 1 amide bonds. The van der Waals surface area contributed by atoms with Crippen LogP contribution in [0.3, 0.4) is 0 Å². The first-order chi connectivity index (χ1) is 12.6. The topological polar surface area (TPSA) is 85.6 Å². The van der Waals surface area contributed by atoms with Crippen LogP contribution >= 0.6 is 11.3 Å². The Kier molecular flexibility index (Phi) is 4.18. The number of amides is 1. The number of anilines is 1. The van der Waals surface area contributed by atoms with E-state index >= 15 is 0 Å². The Hall–Kier alpha value is -3.13. The number of benzene rings is 1. The molecule has 0 radical (unpaired) electrons. The number of carbonyl (C=O) groups excluding carboxylic acids is 1. The van der Waals surface area contributed by atoms with Crippen LogP contribution in [0.15, 0.2) is 48.1 Å². The van der Waals surface area contributed by atoms with Gasteiger partial charge in [-0.25, -0.2) is 9.67 Å². The highest BCUT2D eigenvalue weighted by molar-refractivity contribution is 7.13. The predicted molar refractivity (Wildman–Crippen MR) is 101 cm³/mol. The maximum absolute atomic E-state index is 12.9. The van der Waals surface area contributed by atoms with Crippen molar-refractivity contribution in [1.82, 2.24) is 25.0 Å². The number of rotatable bonds is 4. The van der Waals surface area contributed by atoms with E-state index in [2.05, 4.69) is 20.6 Å². The van der Waals surface area contributed by atoms with Crippen LogP contribution in [-0.4, -0.2) is 30.9 Å². The molecule has 0 bridgehead atoms. The van der Waals surface area contributed by atoms with Crippen molar-refractivity contribution >= 4 is 33.4 Å². The summed E-state index contributed by atoms with van der Waals surface area (Å²) in [6.45, 7) is 4.06. The quantitative estimate of drug-likeness (QED) is 0.595. The van der Waals surface area contributed by atoms with Gasteiger partial charge in [0.25, 0.3) is 5.91 Å². The summed E-state index contributed by atoms with van der Waals surface area (Å²) in [4.78, 5) is 17.6. The Morgan fingerprint density at radius 2 is 2.04 bits per heavy atom. The molecule has 3 heterocycles. The summed E-state index contributed by atoms with van der Waals surface area (Å²) >= 11 is 1.27. The second kappa shape index (κ2) is 6.64. The van der Waals surface area contributed by atoms with Gasteiger partial charge in [-0.2, -0.15) is 5.10 Å². The number of hydrogen-bond donors (Lipinski definition) is 1. The number of pyridine rings is 1. The van der Waals surface area contributed by atoms with Gasteiger partial charge in [0.1, 0.15) is 5.51 Å². The van der Waals surface area contributed by atoms with Crippen molar-refractivity contribution in [3.8, 4) is 11.3 Å². The Balaban J connectivity index is 1.88.